The molecule has 0 unspecified atom stereocenters. The summed E-state index contributed by atoms with van der Waals surface area (Å²) in [7, 11) is 2.11. The molecule has 1 heterocycles. The van der Waals surface area contributed by atoms with Crippen LogP contribution >= 0.6 is 27.7 Å². The molecule has 0 radical (unpaired) electrons. The molecule has 0 aromatic heterocycles. The van der Waals surface area contributed by atoms with E-state index in [2.05, 4.69) is 27.9 Å². The molecule has 2 rings (SSSR count). The van der Waals surface area contributed by atoms with Crippen molar-refractivity contribution in [3.8, 4) is 0 Å². The van der Waals surface area contributed by atoms with Gasteiger partial charge < -0.3 is 5.11 Å². The molecule has 1 N–H and O–H groups in total. The molecular weight excluding hydrogens is 298 g/mol. The van der Waals surface area contributed by atoms with E-state index < -0.39 is 6.10 Å². The first-order chi connectivity index (χ1) is 8.16. The zero-order chi connectivity index (χ0) is 12.3. The molecule has 0 amide bonds. The maximum Gasteiger partial charge on any atom is 0.0917 e. The minimum Gasteiger partial charge on any atom is -0.387 e. The number of nitrogens with zero attached hydrogens (tertiary/aromatic N) is 1. The quantitative estimate of drug-likeness (QED) is 0.924. The Labute approximate surface area is 116 Å². The van der Waals surface area contributed by atoms with Gasteiger partial charge in [-0.15, -0.1) is 0 Å². The molecule has 94 valence electrons. The van der Waals surface area contributed by atoms with E-state index in [1.54, 1.807) is 0 Å². The Kier molecular flexibility index (Phi) is 4.91. The predicted molar refractivity (Wildman–Crippen MR) is 77.5 cm³/mol. The fourth-order valence-electron chi connectivity index (χ4n) is 2.11. The Morgan fingerprint density at radius 2 is 2.41 bits per heavy atom. The van der Waals surface area contributed by atoms with Crippen molar-refractivity contribution in [2.75, 3.05) is 25.1 Å². The first-order valence-electron chi connectivity index (χ1n) is 5.88. The molecule has 0 spiro atoms. The van der Waals surface area contributed by atoms with E-state index >= 15 is 0 Å². The van der Waals surface area contributed by atoms with Crippen LogP contribution in [0, 0.1) is 0 Å². The summed E-state index contributed by atoms with van der Waals surface area (Å²) in [5.74, 6) is 2.45. The summed E-state index contributed by atoms with van der Waals surface area (Å²) in [4.78, 5) is 2.28. The average molecular weight is 316 g/mol. The molecule has 1 aliphatic heterocycles. The van der Waals surface area contributed by atoms with Gasteiger partial charge in [-0.3, -0.25) is 4.90 Å². The molecule has 2 atom stereocenters. The highest BCUT2D eigenvalue weighted by molar-refractivity contribution is 9.10. The number of hydrogen-bond acceptors (Lipinski definition) is 3. The maximum atomic E-state index is 10.2. The van der Waals surface area contributed by atoms with Crippen molar-refractivity contribution in [3.63, 3.8) is 0 Å². The van der Waals surface area contributed by atoms with Gasteiger partial charge >= 0.3 is 0 Å². The number of hydrogen-bond donors (Lipinski definition) is 1. The van der Waals surface area contributed by atoms with Crippen molar-refractivity contribution in [2.45, 2.75) is 18.6 Å². The zero-order valence-corrected chi connectivity index (χ0v) is 12.4. The fraction of sp³-hybridized carbons (Fsp3) is 0.538. The molecule has 0 aliphatic carbocycles. The first kappa shape index (κ1) is 13.4. The van der Waals surface area contributed by atoms with Crippen LogP contribution < -0.4 is 0 Å². The topological polar surface area (TPSA) is 23.5 Å². The van der Waals surface area contributed by atoms with Gasteiger partial charge in [0.25, 0.3) is 0 Å². The predicted octanol–water partition coefficient (Wildman–Crippen LogP) is 2.92. The second-order valence-electron chi connectivity index (χ2n) is 4.53. The third-order valence-corrected chi connectivity index (χ3v) is 4.86. The Morgan fingerprint density at radius 3 is 3.06 bits per heavy atom. The van der Waals surface area contributed by atoms with Crippen molar-refractivity contribution >= 4 is 27.7 Å². The highest BCUT2D eigenvalue weighted by atomic mass is 79.9. The Bertz CT molecular complexity index is 368. The molecule has 0 saturated carbocycles. The van der Waals surface area contributed by atoms with Crippen LogP contribution in [0.15, 0.2) is 28.7 Å². The maximum absolute atomic E-state index is 10.2. The Balaban J connectivity index is 1.93. The average Bonchev–Trinajstić information content (AvgIpc) is 2.82. The Morgan fingerprint density at radius 1 is 1.59 bits per heavy atom. The van der Waals surface area contributed by atoms with Gasteiger partial charge in [-0.2, -0.15) is 11.8 Å². The largest absolute Gasteiger partial charge is 0.387 e. The molecule has 17 heavy (non-hydrogen) atoms. The molecule has 1 saturated heterocycles. The Hall–Kier alpha value is -0.0300. The van der Waals surface area contributed by atoms with Crippen LogP contribution in [0.1, 0.15) is 18.1 Å². The molecule has 2 nitrogen and oxygen atoms in total. The normalized spacial score (nSPS) is 22.0. The van der Waals surface area contributed by atoms with Gasteiger partial charge in [0.05, 0.1) is 6.10 Å². The highest BCUT2D eigenvalue weighted by Crippen LogP contribution is 2.24. The molecule has 1 aromatic carbocycles. The molecule has 1 fully saturated rings. The lowest BCUT2D eigenvalue weighted by Crippen LogP contribution is -2.34. The van der Waals surface area contributed by atoms with Crippen molar-refractivity contribution in [2.24, 2.45) is 0 Å². The third-order valence-electron chi connectivity index (χ3n) is 3.22. The number of benzene rings is 1. The summed E-state index contributed by atoms with van der Waals surface area (Å²) in [5.41, 5.74) is 0.983. The lowest BCUT2D eigenvalue weighted by Gasteiger charge is -2.26. The molecular formula is C13H18BrNOS. The summed E-state index contributed by atoms with van der Waals surface area (Å²) in [5, 5.41) is 10.2. The van der Waals surface area contributed by atoms with Crippen molar-refractivity contribution in [1.29, 1.82) is 0 Å². The number of rotatable bonds is 4. The second-order valence-corrected chi connectivity index (χ2v) is 6.59. The first-order valence-corrected chi connectivity index (χ1v) is 7.83. The monoisotopic (exact) mass is 315 g/mol. The minimum atomic E-state index is -0.400. The van der Waals surface area contributed by atoms with Crippen LogP contribution in [0.3, 0.4) is 0 Å². The number of aliphatic hydroxyl groups excluding tert-OH is 1. The van der Waals surface area contributed by atoms with E-state index in [4.69, 9.17) is 0 Å². The van der Waals surface area contributed by atoms with E-state index in [1.165, 1.54) is 17.9 Å². The number of halogens is 1. The summed E-state index contributed by atoms with van der Waals surface area (Å²) >= 11 is 5.44. The van der Waals surface area contributed by atoms with Gasteiger partial charge in [-0.1, -0.05) is 28.1 Å². The number of thioether (sulfide) groups is 1. The van der Waals surface area contributed by atoms with E-state index in [9.17, 15) is 5.11 Å². The summed E-state index contributed by atoms with van der Waals surface area (Å²) < 4.78 is 1.02. The molecule has 1 aliphatic rings. The van der Waals surface area contributed by atoms with E-state index in [-0.39, 0.29) is 0 Å². The van der Waals surface area contributed by atoms with Gasteiger partial charge in [-0.25, -0.2) is 0 Å². The number of likely N-dealkylation sites (N-methyl/N-ethyl adjacent to an activating group) is 1. The summed E-state index contributed by atoms with van der Waals surface area (Å²) in [6.45, 7) is 0.710. The lowest BCUT2D eigenvalue weighted by molar-refractivity contribution is 0.110. The van der Waals surface area contributed by atoms with Crippen LogP contribution in [0.4, 0.5) is 0 Å². The van der Waals surface area contributed by atoms with E-state index in [0.29, 0.717) is 12.6 Å². The summed E-state index contributed by atoms with van der Waals surface area (Å²) in [6.07, 6.45) is 0.843. The van der Waals surface area contributed by atoms with Gasteiger partial charge in [0, 0.05) is 22.8 Å². The van der Waals surface area contributed by atoms with Gasteiger partial charge in [0.1, 0.15) is 0 Å². The van der Waals surface area contributed by atoms with Crippen LogP contribution in [0.25, 0.3) is 0 Å². The van der Waals surface area contributed by atoms with Crippen LogP contribution in [-0.4, -0.2) is 41.1 Å². The van der Waals surface area contributed by atoms with E-state index in [1.807, 2.05) is 36.0 Å². The van der Waals surface area contributed by atoms with Gasteiger partial charge in [0.15, 0.2) is 0 Å². The standard InChI is InChI=1S/C13H18BrNOS/c1-15(12-5-6-17-9-12)8-13(16)10-3-2-4-11(14)7-10/h2-4,7,12-13,16H,5-6,8-9H2,1H3/t12-,13-/m0/s1. The van der Waals surface area contributed by atoms with Crippen LogP contribution in [0.5, 0.6) is 0 Å². The van der Waals surface area contributed by atoms with Crippen LogP contribution in [0.2, 0.25) is 0 Å². The van der Waals surface area contributed by atoms with Gasteiger partial charge in [0.2, 0.25) is 0 Å². The van der Waals surface area contributed by atoms with Crippen LogP contribution in [-0.2, 0) is 0 Å². The van der Waals surface area contributed by atoms with Gasteiger partial charge in [-0.05, 0) is 36.9 Å². The molecule has 0 bridgehead atoms. The molecule has 1 aromatic rings. The highest BCUT2D eigenvalue weighted by Gasteiger charge is 2.22. The zero-order valence-electron chi connectivity index (χ0n) is 9.97. The lowest BCUT2D eigenvalue weighted by atomic mass is 10.1. The van der Waals surface area contributed by atoms with Crippen molar-refractivity contribution in [3.05, 3.63) is 34.3 Å². The molecule has 4 heteroatoms. The smallest absolute Gasteiger partial charge is 0.0917 e. The van der Waals surface area contributed by atoms with Crippen molar-refractivity contribution < 1.29 is 5.11 Å². The SMILES string of the molecule is CN(C[C@H](O)c1cccc(Br)c1)[C@H]1CCSC1. The second kappa shape index (κ2) is 6.23. The van der Waals surface area contributed by atoms with Crippen molar-refractivity contribution in [1.82, 2.24) is 4.90 Å². The minimum absolute atomic E-state index is 0.400. The fourth-order valence-corrected chi connectivity index (χ4v) is 3.83. The van der Waals surface area contributed by atoms with E-state index in [0.717, 1.165) is 10.0 Å². The number of aliphatic hydroxyl groups is 1. The summed E-state index contributed by atoms with van der Waals surface area (Å²) in [6, 6.07) is 8.54. The third kappa shape index (κ3) is 3.71.